The summed E-state index contributed by atoms with van der Waals surface area (Å²) < 4.78 is 0. The van der Waals surface area contributed by atoms with Gasteiger partial charge in [0.1, 0.15) is 0 Å². The van der Waals surface area contributed by atoms with Gasteiger partial charge in [-0.3, -0.25) is 4.79 Å². The Morgan fingerprint density at radius 2 is 1.69 bits per heavy atom. The number of benzene rings is 1. The molecule has 0 unspecified atom stereocenters. The number of hydrogen-bond acceptors (Lipinski definition) is 2. The van der Waals surface area contributed by atoms with Crippen molar-refractivity contribution in [2.75, 3.05) is 0 Å². The molecule has 3 nitrogen and oxygen atoms in total. The Kier molecular flexibility index (Phi) is 3.78. The molecule has 0 atom stereocenters. The fraction of sp³-hybridized carbons (Fsp3) is 0.0769. The average Bonchev–Trinajstić information content (AvgIpc) is 2.28. The van der Waals surface area contributed by atoms with Crippen LogP contribution in [0.4, 0.5) is 0 Å². The molecule has 0 spiro atoms. The number of carbonyl (C=O) groups excluding carboxylic acids is 1. The van der Waals surface area contributed by atoms with E-state index < -0.39 is 11.8 Å². The molecule has 0 bridgehead atoms. The Morgan fingerprint density at radius 1 is 1.19 bits per heavy atom. The third-order valence-electron chi connectivity index (χ3n) is 2.16. The predicted molar refractivity (Wildman–Crippen MR) is 62.3 cm³/mol. The van der Waals surface area contributed by atoms with E-state index in [1.165, 1.54) is 12.1 Å². The Balaban J connectivity index is 3.00. The molecule has 0 saturated heterocycles. The van der Waals surface area contributed by atoms with Gasteiger partial charge in [-0.1, -0.05) is 43.0 Å². The highest BCUT2D eigenvalue weighted by molar-refractivity contribution is 6.39. The number of aliphatic carboxylic acids is 1. The molecule has 1 rings (SSSR count). The SMILES string of the molecule is C=CC=C(C)c1ccc(C(=O)C(=O)O)cc1. The molecule has 0 heterocycles. The molecule has 3 heteroatoms. The molecule has 1 N–H and O–H groups in total. The number of carbonyl (C=O) groups is 2. The van der Waals surface area contributed by atoms with Crippen LogP contribution in [0.1, 0.15) is 22.8 Å². The second-order valence-corrected chi connectivity index (χ2v) is 3.30. The van der Waals surface area contributed by atoms with Crippen molar-refractivity contribution in [1.29, 1.82) is 0 Å². The summed E-state index contributed by atoms with van der Waals surface area (Å²) in [6.45, 7) is 5.50. The molecule has 0 saturated carbocycles. The quantitative estimate of drug-likeness (QED) is 0.478. The molecule has 0 aliphatic carbocycles. The van der Waals surface area contributed by atoms with Gasteiger partial charge in [0.05, 0.1) is 0 Å². The summed E-state index contributed by atoms with van der Waals surface area (Å²) in [6.07, 6.45) is 3.51. The minimum atomic E-state index is -1.44. The number of carboxylic acids is 1. The third-order valence-corrected chi connectivity index (χ3v) is 2.16. The van der Waals surface area contributed by atoms with Crippen LogP contribution in [-0.4, -0.2) is 16.9 Å². The summed E-state index contributed by atoms with van der Waals surface area (Å²) in [4.78, 5) is 21.6. The smallest absolute Gasteiger partial charge is 0.377 e. The topological polar surface area (TPSA) is 54.4 Å². The summed E-state index contributed by atoms with van der Waals surface area (Å²) in [6, 6.07) is 6.44. The van der Waals surface area contributed by atoms with Gasteiger partial charge < -0.3 is 5.11 Å². The van der Waals surface area contributed by atoms with Gasteiger partial charge in [0.25, 0.3) is 5.78 Å². The Bertz CT molecular complexity index is 432. The normalized spacial score (nSPS) is 10.9. The molecule has 1 aromatic carbocycles. The molecule has 1 aromatic rings. The van der Waals surface area contributed by atoms with Gasteiger partial charge >= 0.3 is 5.97 Å². The Labute approximate surface area is 93.7 Å². The van der Waals surface area contributed by atoms with Gasteiger partial charge in [-0.15, -0.1) is 0 Å². The van der Waals surface area contributed by atoms with Crippen LogP contribution >= 0.6 is 0 Å². The van der Waals surface area contributed by atoms with E-state index in [2.05, 4.69) is 6.58 Å². The molecule has 0 radical (unpaired) electrons. The number of ketones is 1. The third kappa shape index (κ3) is 2.67. The van der Waals surface area contributed by atoms with Crippen molar-refractivity contribution in [1.82, 2.24) is 0 Å². The maximum absolute atomic E-state index is 11.1. The highest BCUT2D eigenvalue weighted by atomic mass is 16.4. The zero-order chi connectivity index (χ0) is 12.1. The lowest BCUT2D eigenvalue weighted by Gasteiger charge is -2.01. The highest BCUT2D eigenvalue weighted by Crippen LogP contribution is 2.14. The van der Waals surface area contributed by atoms with Gasteiger partial charge in [-0.05, 0) is 18.1 Å². The maximum atomic E-state index is 11.1. The van der Waals surface area contributed by atoms with Gasteiger partial charge in [-0.2, -0.15) is 0 Å². The largest absolute Gasteiger partial charge is 0.475 e. The number of Topliss-reactive ketones (excluding diaryl/α,β-unsaturated/α-hetero) is 1. The van der Waals surface area contributed by atoms with E-state index in [1.54, 1.807) is 18.2 Å². The number of carboxylic acid groups (broad SMARTS) is 1. The van der Waals surface area contributed by atoms with Crippen LogP contribution < -0.4 is 0 Å². The first-order valence-electron chi connectivity index (χ1n) is 4.73. The molecular weight excluding hydrogens is 204 g/mol. The predicted octanol–water partition coefficient (Wildman–Crippen LogP) is 2.54. The lowest BCUT2D eigenvalue weighted by Crippen LogP contribution is -2.12. The van der Waals surface area contributed by atoms with Crippen LogP contribution in [0.3, 0.4) is 0 Å². The number of allylic oxidation sites excluding steroid dienone is 3. The van der Waals surface area contributed by atoms with Crippen molar-refractivity contribution in [3.63, 3.8) is 0 Å². The van der Waals surface area contributed by atoms with Crippen molar-refractivity contribution < 1.29 is 14.7 Å². The summed E-state index contributed by atoms with van der Waals surface area (Å²) >= 11 is 0. The Morgan fingerprint density at radius 3 is 2.12 bits per heavy atom. The Hall–Kier alpha value is -2.16. The second-order valence-electron chi connectivity index (χ2n) is 3.30. The van der Waals surface area contributed by atoms with E-state index in [4.69, 9.17) is 5.11 Å². The van der Waals surface area contributed by atoms with Crippen LogP contribution in [0.15, 0.2) is 43.0 Å². The van der Waals surface area contributed by atoms with Crippen molar-refractivity contribution in [2.45, 2.75) is 6.92 Å². The summed E-state index contributed by atoms with van der Waals surface area (Å²) in [5.41, 5.74) is 2.12. The van der Waals surface area contributed by atoms with Crippen molar-refractivity contribution in [3.05, 3.63) is 54.1 Å². The number of rotatable bonds is 4. The van der Waals surface area contributed by atoms with Gasteiger partial charge in [0.15, 0.2) is 0 Å². The minimum absolute atomic E-state index is 0.183. The molecule has 82 valence electrons. The average molecular weight is 216 g/mol. The fourth-order valence-corrected chi connectivity index (χ4v) is 1.28. The molecule has 0 aliphatic heterocycles. The maximum Gasteiger partial charge on any atom is 0.377 e. The lowest BCUT2D eigenvalue weighted by molar-refractivity contribution is -0.131. The van der Waals surface area contributed by atoms with Crippen molar-refractivity contribution in [2.24, 2.45) is 0 Å². The highest BCUT2D eigenvalue weighted by Gasteiger charge is 2.13. The van der Waals surface area contributed by atoms with Gasteiger partial charge in [-0.25, -0.2) is 4.79 Å². The summed E-state index contributed by atoms with van der Waals surface area (Å²) in [5.74, 6) is -2.33. The van der Waals surface area contributed by atoms with Crippen LogP contribution in [0, 0.1) is 0 Å². The van der Waals surface area contributed by atoms with Crippen molar-refractivity contribution >= 4 is 17.3 Å². The van der Waals surface area contributed by atoms with E-state index in [0.717, 1.165) is 11.1 Å². The molecule has 0 aromatic heterocycles. The van der Waals surface area contributed by atoms with E-state index >= 15 is 0 Å². The minimum Gasteiger partial charge on any atom is -0.475 e. The van der Waals surface area contributed by atoms with Crippen LogP contribution in [0.5, 0.6) is 0 Å². The monoisotopic (exact) mass is 216 g/mol. The van der Waals surface area contributed by atoms with Crippen LogP contribution in [0.25, 0.3) is 5.57 Å². The van der Waals surface area contributed by atoms with Gasteiger partial charge in [0, 0.05) is 5.56 Å². The van der Waals surface area contributed by atoms with E-state index in [0.29, 0.717) is 0 Å². The van der Waals surface area contributed by atoms with E-state index in [9.17, 15) is 9.59 Å². The zero-order valence-corrected chi connectivity index (χ0v) is 8.93. The fourth-order valence-electron chi connectivity index (χ4n) is 1.28. The molecule has 0 fully saturated rings. The van der Waals surface area contributed by atoms with Crippen LogP contribution in [0.2, 0.25) is 0 Å². The molecule has 0 amide bonds. The first kappa shape index (κ1) is 11.9. The van der Waals surface area contributed by atoms with Crippen molar-refractivity contribution in [3.8, 4) is 0 Å². The first-order valence-corrected chi connectivity index (χ1v) is 4.73. The van der Waals surface area contributed by atoms with Gasteiger partial charge in [0.2, 0.25) is 0 Å². The molecular formula is C13H12O3. The van der Waals surface area contributed by atoms with E-state index in [-0.39, 0.29) is 5.56 Å². The summed E-state index contributed by atoms with van der Waals surface area (Å²) in [5, 5.41) is 8.52. The lowest BCUT2D eigenvalue weighted by atomic mass is 10.0. The molecule has 16 heavy (non-hydrogen) atoms. The standard InChI is InChI=1S/C13H12O3/c1-3-4-9(2)10-5-7-11(8-6-10)12(14)13(15)16/h3-8H,1H2,2H3,(H,15,16). The first-order chi connectivity index (χ1) is 7.56. The van der Waals surface area contributed by atoms with E-state index in [1.807, 2.05) is 13.0 Å². The van der Waals surface area contributed by atoms with Crippen LogP contribution in [-0.2, 0) is 4.79 Å². The molecule has 0 aliphatic rings. The summed E-state index contributed by atoms with van der Waals surface area (Å²) in [7, 11) is 0. The second kappa shape index (κ2) is 5.07. The number of hydrogen-bond donors (Lipinski definition) is 1. The zero-order valence-electron chi connectivity index (χ0n) is 8.93.